The minimum absolute atomic E-state index is 0.123. The number of benzene rings is 1. The highest BCUT2D eigenvalue weighted by atomic mass is 32.1. The van der Waals surface area contributed by atoms with Crippen molar-refractivity contribution in [3.05, 3.63) is 106 Å². The van der Waals surface area contributed by atoms with Gasteiger partial charge in [0.25, 0.3) is 0 Å². The fourth-order valence-corrected chi connectivity index (χ4v) is 4.91. The zero-order chi connectivity index (χ0) is 21.8. The van der Waals surface area contributed by atoms with Crippen LogP contribution in [0.4, 0.5) is 0 Å². The SMILES string of the molecule is N#CC(=C=N)C1=C(C#N)[C@H](c2cccs2)[C@H]([n+]2ccccc2)[C@@](O)(c2ccccc2)N1. The van der Waals surface area contributed by atoms with Gasteiger partial charge in [-0.25, -0.2) is 0 Å². The van der Waals surface area contributed by atoms with E-state index in [1.165, 1.54) is 11.3 Å². The summed E-state index contributed by atoms with van der Waals surface area (Å²) in [4.78, 5) is 0.869. The highest BCUT2D eigenvalue weighted by molar-refractivity contribution is 7.10. The summed E-state index contributed by atoms with van der Waals surface area (Å²) < 4.78 is 1.87. The van der Waals surface area contributed by atoms with Gasteiger partial charge in [-0.05, 0) is 17.3 Å². The van der Waals surface area contributed by atoms with Crippen LogP contribution < -0.4 is 9.88 Å². The molecule has 0 radical (unpaired) electrons. The number of nitrogens with zero attached hydrogens (tertiary/aromatic N) is 3. The summed E-state index contributed by atoms with van der Waals surface area (Å²) in [6.07, 6.45) is 3.69. The molecule has 1 aromatic carbocycles. The summed E-state index contributed by atoms with van der Waals surface area (Å²) in [5.74, 6) is 1.56. The van der Waals surface area contributed by atoms with Crippen molar-refractivity contribution >= 4 is 17.2 Å². The third-order valence-electron chi connectivity index (χ3n) is 5.37. The van der Waals surface area contributed by atoms with Crippen LogP contribution in [0.5, 0.6) is 0 Å². The molecule has 0 amide bonds. The molecule has 4 rings (SSSR count). The molecule has 0 fully saturated rings. The van der Waals surface area contributed by atoms with Crippen LogP contribution in [0, 0.1) is 28.1 Å². The van der Waals surface area contributed by atoms with E-state index in [9.17, 15) is 15.6 Å². The topological polar surface area (TPSA) is 108 Å². The molecule has 3 heterocycles. The van der Waals surface area contributed by atoms with Gasteiger partial charge >= 0.3 is 0 Å². The van der Waals surface area contributed by atoms with Crippen molar-refractivity contribution in [3.63, 3.8) is 0 Å². The van der Waals surface area contributed by atoms with Gasteiger partial charge in [0, 0.05) is 22.6 Å². The second-order valence-corrected chi connectivity index (χ2v) is 8.01. The number of pyridine rings is 1. The predicted octanol–water partition coefficient (Wildman–Crippen LogP) is 3.29. The van der Waals surface area contributed by atoms with E-state index in [0.29, 0.717) is 5.56 Å². The first-order valence-corrected chi connectivity index (χ1v) is 10.4. The van der Waals surface area contributed by atoms with Crippen LogP contribution in [-0.4, -0.2) is 11.0 Å². The fourth-order valence-electron chi connectivity index (χ4n) is 4.04. The molecule has 0 bridgehead atoms. The average Bonchev–Trinajstić information content (AvgIpc) is 3.35. The monoisotopic (exact) mass is 424 g/mol. The Balaban J connectivity index is 2.09. The lowest BCUT2D eigenvalue weighted by Gasteiger charge is -2.42. The molecule has 31 heavy (non-hydrogen) atoms. The van der Waals surface area contributed by atoms with Gasteiger partial charge in [0.2, 0.25) is 11.8 Å². The Labute approximate surface area is 183 Å². The first-order valence-electron chi connectivity index (χ1n) is 9.53. The van der Waals surface area contributed by atoms with Gasteiger partial charge in [-0.2, -0.15) is 15.1 Å². The summed E-state index contributed by atoms with van der Waals surface area (Å²) in [6, 6.07) is 22.0. The Bertz CT molecular complexity index is 1250. The largest absolute Gasteiger partial charge is 0.362 e. The van der Waals surface area contributed by atoms with Crippen LogP contribution in [0.15, 0.2) is 95.3 Å². The van der Waals surface area contributed by atoms with Gasteiger partial charge in [0.15, 0.2) is 12.4 Å². The van der Waals surface area contributed by atoms with Crippen LogP contribution in [0.3, 0.4) is 0 Å². The van der Waals surface area contributed by atoms with Gasteiger partial charge in [0.05, 0.1) is 23.3 Å². The van der Waals surface area contributed by atoms with Gasteiger partial charge in [-0.1, -0.05) is 42.5 Å². The molecule has 1 aliphatic rings. The molecule has 0 saturated heterocycles. The highest BCUT2D eigenvalue weighted by Crippen LogP contribution is 2.48. The first-order chi connectivity index (χ1) is 15.1. The predicted molar refractivity (Wildman–Crippen MR) is 116 cm³/mol. The van der Waals surface area contributed by atoms with E-state index in [4.69, 9.17) is 5.41 Å². The standard InChI is InChI=1S/C24H18N5OS/c25-14-17(15-26)22-19(16-27)21(20-10-7-13-31-20)23(29-11-5-2-6-12-29)24(30,28-22)18-8-3-1-4-9-18/h1-13,21,23,25,28,30H/q+1/t21-,23+,24+/m1/s1. The van der Waals surface area contributed by atoms with Gasteiger partial charge in [-0.3, -0.25) is 5.41 Å². The number of thiophene rings is 1. The molecule has 7 heteroatoms. The van der Waals surface area contributed by atoms with E-state index < -0.39 is 17.7 Å². The van der Waals surface area contributed by atoms with Crippen LogP contribution in [-0.2, 0) is 5.72 Å². The third kappa shape index (κ3) is 3.44. The molecule has 1 aliphatic heterocycles. The quantitative estimate of drug-likeness (QED) is 0.339. The van der Waals surface area contributed by atoms with Crippen molar-refractivity contribution in [3.8, 4) is 12.1 Å². The van der Waals surface area contributed by atoms with E-state index >= 15 is 0 Å². The normalized spacial score (nSPS) is 22.5. The van der Waals surface area contributed by atoms with Gasteiger partial charge in [0.1, 0.15) is 11.6 Å². The summed E-state index contributed by atoms with van der Waals surface area (Å²) in [6.45, 7) is 0. The molecule has 0 aliphatic carbocycles. The lowest BCUT2D eigenvalue weighted by atomic mass is 9.75. The van der Waals surface area contributed by atoms with E-state index in [-0.39, 0.29) is 16.8 Å². The number of hydrogen-bond acceptors (Lipinski definition) is 6. The molecule has 0 saturated carbocycles. The van der Waals surface area contributed by atoms with Crippen LogP contribution >= 0.6 is 11.3 Å². The zero-order valence-electron chi connectivity index (χ0n) is 16.4. The van der Waals surface area contributed by atoms with Crippen LogP contribution in [0.2, 0.25) is 0 Å². The second kappa shape index (κ2) is 8.39. The number of aromatic nitrogens is 1. The molecule has 150 valence electrons. The van der Waals surface area contributed by atoms with Crippen LogP contribution in [0.1, 0.15) is 22.4 Å². The maximum atomic E-state index is 12.2. The third-order valence-corrected chi connectivity index (χ3v) is 6.33. The maximum absolute atomic E-state index is 12.2. The smallest absolute Gasteiger partial charge is 0.227 e. The maximum Gasteiger partial charge on any atom is 0.227 e. The number of hydrogen-bond donors (Lipinski definition) is 3. The molecular formula is C24H18N5OS+. The Morgan fingerprint density at radius 3 is 2.35 bits per heavy atom. The molecule has 3 atom stereocenters. The van der Waals surface area contributed by atoms with Crippen molar-refractivity contribution in [2.75, 3.05) is 0 Å². The number of nitrogens with one attached hydrogen (secondary N) is 2. The van der Waals surface area contributed by atoms with E-state index in [0.717, 1.165) is 4.88 Å². The van der Waals surface area contributed by atoms with Crippen LogP contribution in [0.25, 0.3) is 0 Å². The van der Waals surface area contributed by atoms with Crippen molar-refractivity contribution in [1.29, 1.82) is 15.9 Å². The summed E-state index contributed by atoms with van der Waals surface area (Å²) in [5.41, 5.74) is -0.826. The van der Waals surface area contributed by atoms with E-state index in [1.54, 1.807) is 12.1 Å². The lowest BCUT2D eigenvalue weighted by Crippen LogP contribution is -2.62. The Morgan fingerprint density at radius 2 is 1.77 bits per heavy atom. The summed E-state index contributed by atoms with van der Waals surface area (Å²) in [7, 11) is 0. The number of allylic oxidation sites excluding steroid dienone is 2. The molecule has 0 spiro atoms. The highest BCUT2D eigenvalue weighted by Gasteiger charge is 2.56. The lowest BCUT2D eigenvalue weighted by molar-refractivity contribution is -0.743. The molecule has 6 nitrogen and oxygen atoms in total. The molecular weight excluding hydrogens is 406 g/mol. The summed E-state index contributed by atoms with van der Waals surface area (Å²) in [5, 5.41) is 44.4. The van der Waals surface area contributed by atoms with Gasteiger partial charge < -0.3 is 10.4 Å². The number of nitriles is 2. The van der Waals surface area contributed by atoms with Crippen molar-refractivity contribution in [1.82, 2.24) is 5.32 Å². The number of rotatable bonds is 4. The van der Waals surface area contributed by atoms with E-state index in [1.807, 2.05) is 76.9 Å². The molecule has 3 N–H and O–H groups in total. The Hall–Kier alpha value is -4.00. The first kappa shape index (κ1) is 20.3. The van der Waals surface area contributed by atoms with E-state index in [2.05, 4.69) is 17.3 Å². The van der Waals surface area contributed by atoms with Gasteiger partial charge in [-0.15, -0.1) is 11.3 Å². The molecule has 2 aromatic heterocycles. The second-order valence-electron chi connectivity index (χ2n) is 7.03. The molecule has 3 aromatic rings. The fraction of sp³-hybridized carbons (Fsp3) is 0.125. The summed E-state index contributed by atoms with van der Waals surface area (Å²) >= 11 is 1.47. The van der Waals surface area contributed by atoms with Crippen molar-refractivity contribution in [2.24, 2.45) is 0 Å². The van der Waals surface area contributed by atoms with Crippen molar-refractivity contribution < 1.29 is 9.67 Å². The number of aliphatic hydroxyl groups is 1. The molecule has 0 unspecified atom stereocenters. The van der Waals surface area contributed by atoms with Crippen molar-refractivity contribution in [2.45, 2.75) is 17.7 Å². The minimum Gasteiger partial charge on any atom is -0.362 e. The zero-order valence-corrected chi connectivity index (χ0v) is 17.2. The Morgan fingerprint density at radius 1 is 1.06 bits per heavy atom. The minimum atomic E-state index is -1.67. The average molecular weight is 425 g/mol. The Kier molecular flexibility index (Phi) is 5.49.